The van der Waals surface area contributed by atoms with Gasteiger partial charge in [-0.25, -0.2) is 0 Å². The van der Waals surface area contributed by atoms with Gasteiger partial charge in [0.2, 0.25) is 0 Å². The Balaban J connectivity index is 2.07. The van der Waals surface area contributed by atoms with E-state index < -0.39 is 0 Å². The summed E-state index contributed by atoms with van der Waals surface area (Å²) in [6.45, 7) is 2.39. The van der Waals surface area contributed by atoms with Crippen molar-refractivity contribution in [3.05, 3.63) is 0 Å². The Hall–Kier alpha value is -0.370. The van der Waals surface area contributed by atoms with E-state index in [-0.39, 0.29) is 0 Å². The number of hydrogen-bond donors (Lipinski definition) is 0. The molecule has 0 aromatic rings. The molecule has 2 aliphatic heterocycles. The first-order chi connectivity index (χ1) is 4.92. The Morgan fingerprint density at radius 3 is 3.00 bits per heavy atom. The van der Waals surface area contributed by atoms with E-state index in [1.807, 2.05) is 0 Å². The van der Waals surface area contributed by atoms with Crippen LogP contribution in [0.5, 0.6) is 0 Å². The molecule has 2 heteroatoms. The SMILES string of the molecule is O=C[C@@H]1CCN2CCC[C@@H]12. The van der Waals surface area contributed by atoms with Crippen LogP contribution in [0.2, 0.25) is 0 Å². The molecule has 2 fully saturated rings. The molecular weight excluding hydrogens is 126 g/mol. The smallest absolute Gasteiger partial charge is 0.124 e. The van der Waals surface area contributed by atoms with E-state index in [0.717, 1.165) is 19.3 Å². The van der Waals surface area contributed by atoms with Gasteiger partial charge in [-0.05, 0) is 32.4 Å². The molecular formula is C8H13NO. The molecule has 0 bridgehead atoms. The molecule has 0 N–H and O–H groups in total. The molecule has 0 aliphatic carbocycles. The van der Waals surface area contributed by atoms with E-state index in [1.54, 1.807) is 0 Å². The van der Waals surface area contributed by atoms with Crippen molar-refractivity contribution < 1.29 is 4.79 Å². The number of carbonyl (C=O) groups is 1. The quantitative estimate of drug-likeness (QED) is 0.498. The molecule has 10 heavy (non-hydrogen) atoms. The monoisotopic (exact) mass is 139 g/mol. The van der Waals surface area contributed by atoms with Crippen molar-refractivity contribution in [1.29, 1.82) is 0 Å². The van der Waals surface area contributed by atoms with Gasteiger partial charge in [0.25, 0.3) is 0 Å². The maximum atomic E-state index is 10.5. The van der Waals surface area contributed by atoms with Crippen LogP contribution < -0.4 is 0 Å². The van der Waals surface area contributed by atoms with Gasteiger partial charge < -0.3 is 4.79 Å². The largest absolute Gasteiger partial charge is 0.303 e. The molecule has 0 spiro atoms. The molecule has 0 radical (unpaired) electrons. The van der Waals surface area contributed by atoms with Crippen molar-refractivity contribution in [2.75, 3.05) is 13.1 Å². The van der Waals surface area contributed by atoms with Crippen LogP contribution in [0.1, 0.15) is 19.3 Å². The van der Waals surface area contributed by atoms with Crippen LogP contribution >= 0.6 is 0 Å². The number of carbonyl (C=O) groups excluding carboxylic acids is 1. The fraction of sp³-hybridized carbons (Fsp3) is 0.875. The van der Waals surface area contributed by atoms with Gasteiger partial charge in [-0.2, -0.15) is 0 Å². The summed E-state index contributed by atoms with van der Waals surface area (Å²) in [5.41, 5.74) is 0. The van der Waals surface area contributed by atoms with Crippen LogP contribution in [0.25, 0.3) is 0 Å². The number of fused-ring (bicyclic) bond motifs is 1. The lowest BCUT2D eigenvalue weighted by Crippen LogP contribution is -2.26. The Morgan fingerprint density at radius 1 is 1.30 bits per heavy atom. The van der Waals surface area contributed by atoms with Gasteiger partial charge in [0.1, 0.15) is 6.29 Å². The maximum Gasteiger partial charge on any atom is 0.124 e. The van der Waals surface area contributed by atoms with Gasteiger partial charge in [0, 0.05) is 12.0 Å². The van der Waals surface area contributed by atoms with Crippen molar-refractivity contribution in [3.8, 4) is 0 Å². The minimum absolute atomic E-state index is 0.363. The van der Waals surface area contributed by atoms with Gasteiger partial charge in [-0.1, -0.05) is 0 Å². The third kappa shape index (κ3) is 0.788. The zero-order chi connectivity index (χ0) is 6.97. The van der Waals surface area contributed by atoms with E-state index >= 15 is 0 Å². The highest BCUT2D eigenvalue weighted by atomic mass is 16.1. The topological polar surface area (TPSA) is 20.3 Å². The summed E-state index contributed by atoms with van der Waals surface area (Å²) < 4.78 is 0. The first-order valence-corrected chi connectivity index (χ1v) is 4.11. The molecule has 0 saturated carbocycles. The summed E-state index contributed by atoms with van der Waals surface area (Å²) in [4.78, 5) is 13.0. The van der Waals surface area contributed by atoms with E-state index in [9.17, 15) is 4.79 Å². The van der Waals surface area contributed by atoms with Crippen molar-refractivity contribution in [1.82, 2.24) is 4.90 Å². The Morgan fingerprint density at radius 2 is 2.20 bits per heavy atom. The zero-order valence-corrected chi connectivity index (χ0v) is 6.12. The predicted octanol–water partition coefficient (Wildman–Crippen LogP) is 0.670. The summed E-state index contributed by atoms with van der Waals surface area (Å²) in [5, 5.41) is 0. The molecule has 2 atom stereocenters. The maximum absolute atomic E-state index is 10.5. The van der Waals surface area contributed by atoms with Gasteiger partial charge in [0.05, 0.1) is 0 Å². The van der Waals surface area contributed by atoms with Crippen LogP contribution in [0.4, 0.5) is 0 Å². The Labute approximate surface area is 61.2 Å². The number of rotatable bonds is 1. The standard InChI is InChI=1S/C8H13NO/c10-6-7-3-5-9-4-1-2-8(7)9/h6-8H,1-5H2/t7-,8-/m0/s1. The lowest BCUT2D eigenvalue weighted by atomic mass is 10.0. The van der Waals surface area contributed by atoms with Crippen molar-refractivity contribution in [3.63, 3.8) is 0 Å². The molecule has 2 saturated heterocycles. The van der Waals surface area contributed by atoms with Gasteiger partial charge in [0.15, 0.2) is 0 Å². The molecule has 56 valence electrons. The highest BCUT2D eigenvalue weighted by Crippen LogP contribution is 2.30. The minimum Gasteiger partial charge on any atom is -0.303 e. The van der Waals surface area contributed by atoms with Crippen molar-refractivity contribution >= 4 is 6.29 Å². The molecule has 0 aromatic heterocycles. The number of nitrogens with zero attached hydrogens (tertiary/aromatic N) is 1. The lowest BCUT2D eigenvalue weighted by molar-refractivity contribution is -0.111. The molecule has 0 aromatic carbocycles. The average Bonchev–Trinajstić information content (AvgIpc) is 2.44. The van der Waals surface area contributed by atoms with Crippen molar-refractivity contribution in [2.24, 2.45) is 5.92 Å². The van der Waals surface area contributed by atoms with Crippen LogP contribution in [0, 0.1) is 5.92 Å². The summed E-state index contributed by atoms with van der Waals surface area (Å²) in [5.74, 6) is 0.363. The van der Waals surface area contributed by atoms with E-state index in [2.05, 4.69) is 4.90 Å². The highest BCUT2D eigenvalue weighted by molar-refractivity contribution is 5.55. The first-order valence-electron chi connectivity index (χ1n) is 4.11. The second-order valence-electron chi connectivity index (χ2n) is 3.33. The van der Waals surface area contributed by atoms with Gasteiger partial charge in [-0.3, -0.25) is 4.90 Å². The van der Waals surface area contributed by atoms with Crippen LogP contribution in [0.15, 0.2) is 0 Å². The molecule has 2 aliphatic rings. The summed E-state index contributed by atoms with van der Waals surface area (Å²) in [6, 6.07) is 0.623. The van der Waals surface area contributed by atoms with Crippen LogP contribution in [0.3, 0.4) is 0 Å². The summed E-state index contributed by atoms with van der Waals surface area (Å²) in [6.07, 6.45) is 4.81. The normalized spacial score (nSPS) is 40.0. The van der Waals surface area contributed by atoms with E-state index in [1.165, 1.54) is 19.4 Å². The van der Waals surface area contributed by atoms with Gasteiger partial charge in [-0.15, -0.1) is 0 Å². The predicted molar refractivity (Wildman–Crippen MR) is 38.8 cm³/mol. The molecule has 2 heterocycles. The highest BCUT2D eigenvalue weighted by Gasteiger charge is 2.36. The Kier molecular flexibility index (Phi) is 1.49. The third-order valence-electron chi connectivity index (χ3n) is 2.83. The summed E-state index contributed by atoms with van der Waals surface area (Å²) >= 11 is 0. The summed E-state index contributed by atoms with van der Waals surface area (Å²) in [7, 11) is 0. The van der Waals surface area contributed by atoms with Crippen LogP contribution in [-0.4, -0.2) is 30.3 Å². The van der Waals surface area contributed by atoms with E-state index in [4.69, 9.17) is 0 Å². The second kappa shape index (κ2) is 2.35. The second-order valence-corrected chi connectivity index (χ2v) is 3.33. The average molecular weight is 139 g/mol. The zero-order valence-electron chi connectivity index (χ0n) is 6.12. The Bertz CT molecular complexity index is 146. The van der Waals surface area contributed by atoms with E-state index in [0.29, 0.717) is 12.0 Å². The fourth-order valence-electron chi connectivity index (χ4n) is 2.28. The van der Waals surface area contributed by atoms with Crippen molar-refractivity contribution in [2.45, 2.75) is 25.3 Å². The van der Waals surface area contributed by atoms with Crippen LogP contribution in [-0.2, 0) is 4.79 Å². The molecule has 2 rings (SSSR count). The number of aldehydes is 1. The molecule has 2 nitrogen and oxygen atoms in total. The minimum atomic E-state index is 0.363. The first kappa shape index (κ1) is 6.35. The fourth-order valence-corrected chi connectivity index (χ4v) is 2.28. The van der Waals surface area contributed by atoms with Gasteiger partial charge >= 0.3 is 0 Å². The molecule has 0 amide bonds. The number of hydrogen-bond acceptors (Lipinski definition) is 2. The third-order valence-corrected chi connectivity index (χ3v) is 2.83. The lowest BCUT2D eigenvalue weighted by Gasteiger charge is -2.15. The molecule has 0 unspecified atom stereocenters.